The van der Waals surface area contributed by atoms with E-state index in [1.807, 2.05) is 6.07 Å². The number of carbonyl (C=O) groups excluding carboxylic acids is 1. The van der Waals surface area contributed by atoms with Crippen LogP contribution in [0.4, 0.5) is 13.2 Å². The highest BCUT2D eigenvalue weighted by molar-refractivity contribution is 9.10. The summed E-state index contributed by atoms with van der Waals surface area (Å²) in [5.74, 6) is -5.27. The van der Waals surface area contributed by atoms with Gasteiger partial charge in [-0.2, -0.15) is 4.68 Å². The maximum atomic E-state index is 13.8. The van der Waals surface area contributed by atoms with Gasteiger partial charge in [-0.3, -0.25) is 4.79 Å². The van der Waals surface area contributed by atoms with Crippen molar-refractivity contribution in [3.05, 3.63) is 69.7 Å². The van der Waals surface area contributed by atoms with Crippen molar-refractivity contribution in [1.82, 2.24) is 25.5 Å². The Balaban J connectivity index is 1.86. The van der Waals surface area contributed by atoms with Crippen molar-refractivity contribution in [3.8, 4) is 5.69 Å². The molecule has 0 aliphatic rings. The molecule has 0 fully saturated rings. The highest BCUT2D eigenvalue weighted by Crippen LogP contribution is 2.20. The summed E-state index contributed by atoms with van der Waals surface area (Å²) in [5, 5.41) is 13.8. The average Bonchev–Trinajstić information content (AvgIpc) is 3.09. The highest BCUT2D eigenvalue weighted by atomic mass is 79.9. The van der Waals surface area contributed by atoms with Gasteiger partial charge in [0.05, 0.1) is 17.3 Å². The Morgan fingerprint density at radius 1 is 1.19 bits per heavy atom. The van der Waals surface area contributed by atoms with Crippen molar-refractivity contribution in [3.63, 3.8) is 0 Å². The second kappa shape index (κ2) is 7.24. The van der Waals surface area contributed by atoms with Crippen molar-refractivity contribution >= 4 is 21.8 Å². The molecular formula is C16H11BrF3N5O. The summed E-state index contributed by atoms with van der Waals surface area (Å²) >= 11 is 3.34. The van der Waals surface area contributed by atoms with E-state index in [1.165, 1.54) is 4.68 Å². The molecule has 3 rings (SSSR count). The van der Waals surface area contributed by atoms with Crippen LogP contribution in [0.15, 0.2) is 40.9 Å². The largest absolute Gasteiger partial charge is 0.342 e. The van der Waals surface area contributed by atoms with Crippen LogP contribution in [0.25, 0.3) is 5.69 Å². The molecule has 0 aliphatic carbocycles. The molecule has 0 saturated carbocycles. The van der Waals surface area contributed by atoms with Crippen LogP contribution in [0.2, 0.25) is 0 Å². The van der Waals surface area contributed by atoms with Crippen LogP contribution in [-0.2, 0) is 0 Å². The summed E-state index contributed by atoms with van der Waals surface area (Å²) < 4.78 is 42.3. The van der Waals surface area contributed by atoms with Crippen molar-refractivity contribution in [1.29, 1.82) is 0 Å². The molecule has 10 heteroatoms. The van der Waals surface area contributed by atoms with Gasteiger partial charge in [0.1, 0.15) is 0 Å². The van der Waals surface area contributed by atoms with Gasteiger partial charge < -0.3 is 5.32 Å². The first-order chi connectivity index (χ1) is 12.4. The molecule has 134 valence electrons. The lowest BCUT2D eigenvalue weighted by molar-refractivity contribution is 0.0932. The third-order valence-corrected chi connectivity index (χ3v) is 4.05. The Morgan fingerprint density at radius 3 is 2.69 bits per heavy atom. The summed E-state index contributed by atoms with van der Waals surface area (Å²) in [7, 11) is 0. The minimum Gasteiger partial charge on any atom is -0.342 e. The van der Waals surface area contributed by atoms with E-state index in [2.05, 4.69) is 36.8 Å². The third kappa shape index (κ3) is 3.45. The van der Waals surface area contributed by atoms with Gasteiger partial charge in [-0.15, -0.1) is 5.10 Å². The smallest absolute Gasteiger partial charge is 0.254 e. The average molecular weight is 426 g/mol. The molecule has 0 aliphatic heterocycles. The Labute approximate surface area is 154 Å². The maximum Gasteiger partial charge on any atom is 0.254 e. The van der Waals surface area contributed by atoms with Gasteiger partial charge in [0.2, 0.25) is 0 Å². The summed E-state index contributed by atoms with van der Waals surface area (Å²) in [5.41, 5.74) is 0.0247. The molecule has 1 N–H and O–H groups in total. The first-order valence-electron chi connectivity index (χ1n) is 7.37. The van der Waals surface area contributed by atoms with Crippen LogP contribution >= 0.6 is 15.9 Å². The van der Waals surface area contributed by atoms with Crippen LogP contribution in [-0.4, -0.2) is 26.1 Å². The number of nitrogens with one attached hydrogen (secondary N) is 1. The fourth-order valence-electron chi connectivity index (χ4n) is 2.30. The van der Waals surface area contributed by atoms with Crippen molar-refractivity contribution < 1.29 is 18.0 Å². The van der Waals surface area contributed by atoms with Gasteiger partial charge >= 0.3 is 0 Å². The molecule has 26 heavy (non-hydrogen) atoms. The molecule has 0 radical (unpaired) electrons. The van der Waals surface area contributed by atoms with E-state index in [9.17, 15) is 18.0 Å². The van der Waals surface area contributed by atoms with E-state index < -0.39 is 35.0 Å². The van der Waals surface area contributed by atoms with Gasteiger partial charge in [0.15, 0.2) is 23.3 Å². The first-order valence-corrected chi connectivity index (χ1v) is 8.16. The molecule has 2 aromatic carbocycles. The third-order valence-electron chi connectivity index (χ3n) is 3.56. The predicted octanol–water partition coefficient (Wildman–Crippen LogP) is 3.33. The van der Waals surface area contributed by atoms with E-state index in [-0.39, 0.29) is 5.82 Å². The van der Waals surface area contributed by atoms with E-state index in [0.29, 0.717) is 11.8 Å². The highest BCUT2D eigenvalue weighted by Gasteiger charge is 2.23. The number of benzene rings is 2. The monoisotopic (exact) mass is 425 g/mol. The van der Waals surface area contributed by atoms with E-state index in [1.54, 1.807) is 25.1 Å². The number of rotatable bonds is 4. The molecule has 1 aromatic heterocycles. The molecule has 1 unspecified atom stereocenters. The van der Waals surface area contributed by atoms with Gasteiger partial charge in [-0.05, 0) is 47.7 Å². The molecule has 1 atom stereocenters. The quantitative estimate of drug-likeness (QED) is 0.650. The minimum atomic E-state index is -1.70. The van der Waals surface area contributed by atoms with Crippen LogP contribution in [0.5, 0.6) is 0 Å². The lowest BCUT2D eigenvalue weighted by Gasteiger charge is -2.14. The zero-order chi connectivity index (χ0) is 18.8. The summed E-state index contributed by atoms with van der Waals surface area (Å²) in [6.45, 7) is 1.58. The Hall–Kier alpha value is -2.75. The van der Waals surface area contributed by atoms with Crippen LogP contribution in [0.3, 0.4) is 0 Å². The maximum absolute atomic E-state index is 13.8. The molecule has 0 bridgehead atoms. The van der Waals surface area contributed by atoms with Gasteiger partial charge in [-0.25, -0.2) is 13.2 Å². The number of aromatic nitrogens is 4. The second-order valence-corrected chi connectivity index (χ2v) is 6.26. The summed E-state index contributed by atoms with van der Waals surface area (Å²) in [6.07, 6.45) is 0. The Bertz CT molecular complexity index is 978. The molecule has 0 saturated heterocycles. The molecular weight excluding hydrogens is 415 g/mol. The lowest BCUT2D eigenvalue weighted by atomic mass is 10.1. The number of amides is 1. The predicted molar refractivity (Wildman–Crippen MR) is 89.1 cm³/mol. The number of tetrazole rings is 1. The molecule has 6 nitrogen and oxygen atoms in total. The fraction of sp³-hybridized carbons (Fsp3) is 0.125. The van der Waals surface area contributed by atoms with Gasteiger partial charge in [0, 0.05) is 4.47 Å². The normalized spacial score (nSPS) is 12.0. The Morgan fingerprint density at radius 2 is 1.96 bits per heavy atom. The molecule has 1 heterocycles. The van der Waals surface area contributed by atoms with E-state index >= 15 is 0 Å². The summed E-state index contributed by atoms with van der Waals surface area (Å²) in [6, 6.07) is 7.95. The summed E-state index contributed by atoms with van der Waals surface area (Å²) in [4.78, 5) is 12.2. The van der Waals surface area contributed by atoms with Gasteiger partial charge in [0.25, 0.3) is 5.91 Å². The molecule has 3 aromatic rings. The van der Waals surface area contributed by atoms with Crippen molar-refractivity contribution in [2.24, 2.45) is 0 Å². The number of hydrogen-bond acceptors (Lipinski definition) is 4. The van der Waals surface area contributed by atoms with Crippen LogP contribution in [0, 0.1) is 17.5 Å². The lowest BCUT2D eigenvalue weighted by Crippen LogP contribution is -2.29. The van der Waals surface area contributed by atoms with Gasteiger partial charge in [-0.1, -0.05) is 22.0 Å². The molecule has 1 amide bonds. The van der Waals surface area contributed by atoms with Crippen molar-refractivity contribution in [2.75, 3.05) is 0 Å². The van der Waals surface area contributed by atoms with E-state index in [0.717, 1.165) is 10.5 Å². The minimum absolute atomic E-state index is 0.277. The van der Waals surface area contributed by atoms with E-state index in [4.69, 9.17) is 0 Å². The standard InChI is InChI=1S/C16H11BrF3N5O/c1-8(21-16(26)11-5-6-12(18)14(20)13(11)19)15-22-23-24-25(15)10-4-2-3-9(17)7-10/h2-8H,1H3,(H,21,26). The van der Waals surface area contributed by atoms with Crippen molar-refractivity contribution in [2.45, 2.75) is 13.0 Å². The number of carbonyl (C=O) groups is 1. The zero-order valence-corrected chi connectivity index (χ0v) is 14.8. The number of halogens is 4. The fourth-order valence-corrected chi connectivity index (χ4v) is 2.68. The van der Waals surface area contributed by atoms with Crippen LogP contribution in [0.1, 0.15) is 29.1 Å². The second-order valence-electron chi connectivity index (χ2n) is 5.35. The number of nitrogens with zero attached hydrogens (tertiary/aromatic N) is 4. The number of hydrogen-bond donors (Lipinski definition) is 1. The Kier molecular flexibility index (Phi) is 5.03. The SMILES string of the molecule is CC(NC(=O)c1ccc(F)c(F)c1F)c1nnnn1-c1cccc(Br)c1. The topological polar surface area (TPSA) is 72.7 Å². The first kappa shape index (κ1) is 18.1. The van der Waals surface area contributed by atoms with Crippen LogP contribution < -0.4 is 5.32 Å². The molecule has 0 spiro atoms. The zero-order valence-electron chi connectivity index (χ0n) is 13.3.